The van der Waals surface area contributed by atoms with Crippen molar-refractivity contribution in [2.24, 2.45) is 5.92 Å². The molecule has 0 aliphatic carbocycles. The number of carbonyl (C=O) groups excluding carboxylic acids is 1. The number of phenolic OH excluding ortho intramolecular Hbond substituents is 1. The molecule has 1 aromatic carbocycles. The molecule has 0 unspecified atom stereocenters. The molecule has 3 rings (SSSR count). The molecule has 0 spiro atoms. The molecule has 8 nitrogen and oxygen atoms in total. The van der Waals surface area contributed by atoms with Gasteiger partial charge in [0.2, 0.25) is 5.75 Å². The number of aliphatic hydroxyl groups excluding tert-OH is 1. The lowest BCUT2D eigenvalue weighted by Crippen LogP contribution is -2.45. The minimum Gasteiger partial charge on any atom is -0.502 e. The van der Waals surface area contributed by atoms with Crippen LogP contribution in [0.25, 0.3) is 11.0 Å². The second kappa shape index (κ2) is 7.21. The van der Waals surface area contributed by atoms with Gasteiger partial charge in [0.25, 0.3) is 0 Å². The van der Waals surface area contributed by atoms with Crippen LogP contribution in [0.2, 0.25) is 0 Å². The van der Waals surface area contributed by atoms with Crippen LogP contribution in [-0.4, -0.2) is 45.7 Å². The van der Waals surface area contributed by atoms with E-state index in [1.54, 1.807) is 13.0 Å². The first-order valence-electron chi connectivity index (χ1n) is 8.67. The highest BCUT2D eigenvalue weighted by Crippen LogP contribution is 2.34. The molecule has 27 heavy (non-hydrogen) atoms. The van der Waals surface area contributed by atoms with Gasteiger partial charge < -0.3 is 29.2 Å². The Morgan fingerprint density at radius 3 is 2.67 bits per heavy atom. The number of esters is 1. The van der Waals surface area contributed by atoms with Crippen LogP contribution in [0.4, 0.5) is 0 Å². The zero-order chi connectivity index (χ0) is 19.8. The number of hydrogen-bond acceptors (Lipinski definition) is 8. The number of fused-ring (bicyclic) bond motifs is 1. The summed E-state index contributed by atoms with van der Waals surface area (Å²) in [6, 6.07) is 5.81. The van der Waals surface area contributed by atoms with Crippen LogP contribution in [0.3, 0.4) is 0 Å². The molecule has 1 aliphatic heterocycles. The third kappa shape index (κ3) is 4.06. The first kappa shape index (κ1) is 19.2. The molecule has 0 saturated carbocycles. The Morgan fingerprint density at radius 1 is 1.30 bits per heavy atom. The van der Waals surface area contributed by atoms with Crippen LogP contribution in [0.15, 0.2) is 33.5 Å². The molecular weight excluding hydrogens is 356 g/mol. The first-order chi connectivity index (χ1) is 12.7. The first-order valence-corrected chi connectivity index (χ1v) is 8.67. The molecule has 4 atom stereocenters. The van der Waals surface area contributed by atoms with Crippen LogP contribution in [-0.2, 0) is 9.53 Å². The van der Waals surface area contributed by atoms with E-state index in [1.165, 1.54) is 25.1 Å². The lowest BCUT2D eigenvalue weighted by atomic mass is 9.90. The number of phenols is 1. The van der Waals surface area contributed by atoms with Gasteiger partial charge >= 0.3 is 11.6 Å². The fourth-order valence-corrected chi connectivity index (χ4v) is 3.11. The number of cyclic esters (lactones) is 1. The monoisotopic (exact) mass is 378 g/mol. The van der Waals surface area contributed by atoms with E-state index in [2.05, 4.69) is 0 Å². The number of benzene rings is 1. The fourth-order valence-electron chi connectivity index (χ4n) is 3.11. The molecule has 8 heteroatoms. The number of hydrogen-bond donors (Lipinski definition) is 3. The second-order valence-electron chi connectivity index (χ2n) is 7.17. The van der Waals surface area contributed by atoms with E-state index in [0.717, 1.165) is 0 Å². The van der Waals surface area contributed by atoms with Crippen LogP contribution in [0, 0.1) is 5.92 Å². The molecule has 2 aromatic rings. The molecule has 3 N–H and O–H groups in total. The molecule has 1 saturated heterocycles. The number of aromatic hydroxyl groups is 1. The maximum Gasteiger partial charge on any atom is 0.336 e. The average Bonchev–Trinajstić information content (AvgIpc) is 2.91. The van der Waals surface area contributed by atoms with Crippen molar-refractivity contribution in [3.63, 3.8) is 0 Å². The SMILES string of the molecule is C[C@@H]1C[C@@H](C[C@@](C)(O)[C@H](O)COc2ccc3ccc(=O)oc3c2O)OC1=O. The van der Waals surface area contributed by atoms with Gasteiger partial charge in [-0.1, -0.05) is 6.92 Å². The molecule has 0 amide bonds. The van der Waals surface area contributed by atoms with E-state index in [9.17, 15) is 24.9 Å². The van der Waals surface area contributed by atoms with E-state index < -0.39 is 23.4 Å². The maximum atomic E-state index is 11.5. The van der Waals surface area contributed by atoms with Crippen molar-refractivity contribution in [2.45, 2.75) is 44.5 Å². The lowest BCUT2D eigenvalue weighted by molar-refractivity contribution is -0.148. The molecule has 146 valence electrons. The molecule has 0 bridgehead atoms. The van der Waals surface area contributed by atoms with E-state index in [1.807, 2.05) is 0 Å². The van der Waals surface area contributed by atoms with Gasteiger partial charge in [-0.25, -0.2) is 4.79 Å². The molecular formula is C19H22O8. The Bertz CT molecular complexity index is 900. The lowest BCUT2D eigenvalue weighted by Gasteiger charge is -2.30. The Morgan fingerprint density at radius 2 is 2.00 bits per heavy atom. The predicted octanol–water partition coefficient (Wildman–Crippen LogP) is 1.33. The summed E-state index contributed by atoms with van der Waals surface area (Å²) in [6.07, 6.45) is -1.23. The van der Waals surface area contributed by atoms with E-state index in [-0.39, 0.29) is 42.0 Å². The minimum atomic E-state index is -1.56. The summed E-state index contributed by atoms with van der Waals surface area (Å²) in [6.45, 7) is 2.86. The topological polar surface area (TPSA) is 126 Å². The van der Waals surface area contributed by atoms with Crippen molar-refractivity contribution in [2.75, 3.05) is 6.61 Å². The summed E-state index contributed by atoms with van der Waals surface area (Å²) >= 11 is 0. The van der Waals surface area contributed by atoms with Crippen LogP contribution >= 0.6 is 0 Å². The van der Waals surface area contributed by atoms with E-state index in [0.29, 0.717) is 11.8 Å². The van der Waals surface area contributed by atoms with Gasteiger partial charge in [0.15, 0.2) is 11.3 Å². The van der Waals surface area contributed by atoms with Gasteiger partial charge in [0, 0.05) is 17.9 Å². The van der Waals surface area contributed by atoms with Crippen LogP contribution < -0.4 is 10.4 Å². The van der Waals surface area contributed by atoms with Crippen molar-refractivity contribution < 1.29 is 34.0 Å². The van der Waals surface area contributed by atoms with E-state index >= 15 is 0 Å². The number of aliphatic hydroxyl groups is 2. The fraction of sp³-hybridized carbons (Fsp3) is 0.474. The van der Waals surface area contributed by atoms with Gasteiger partial charge in [-0.2, -0.15) is 0 Å². The molecule has 1 fully saturated rings. The smallest absolute Gasteiger partial charge is 0.336 e. The molecule has 0 radical (unpaired) electrons. The number of ether oxygens (including phenoxy) is 2. The van der Waals surface area contributed by atoms with Crippen LogP contribution in [0.1, 0.15) is 26.7 Å². The number of rotatable bonds is 6. The second-order valence-corrected chi connectivity index (χ2v) is 7.17. The van der Waals surface area contributed by atoms with Gasteiger partial charge in [-0.15, -0.1) is 0 Å². The van der Waals surface area contributed by atoms with Crippen molar-refractivity contribution in [3.8, 4) is 11.5 Å². The van der Waals surface area contributed by atoms with Crippen molar-refractivity contribution >= 4 is 16.9 Å². The Hall–Kier alpha value is -2.58. The van der Waals surface area contributed by atoms with E-state index in [4.69, 9.17) is 13.9 Å². The summed E-state index contributed by atoms with van der Waals surface area (Å²) in [7, 11) is 0. The highest BCUT2D eigenvalue weighted by Gasteiger charge is 2.39. The molecule has 2 heterocycles. The Labute approximate surface area is 154 Å². The molecule has 1 aliphatic rings. The van der Waals surface area contributed by atoms with Gasteiger partial charge in [-0.3, -0.25) is 4.79 Å². The standard InChI is InChI=1S/C19H22O8/c1-10-7-12(26-18(10)23)8-19(2,24)14(20)9-25-13-5-3-11-4-6-15(21)27-17(11)16(13)22/h3-6,10,12,14,20,22,24H,7-9H2,1-2H3/t10-,12+,14-,19-/m1/s1. The Kier molecular flexibility index (Phi) is 5.12. The summed E-state index contributed by atoms with van der Waals surface area (Å²) in [5.41, 5.74) is -2.19. The van der Waals surface area contributed by atoms with Crippen molar-refractivity contribution in [1.29, 1.82) is 0 Å². The zero-order valence-electron chi connectivity index (χ0n) is 15.0. The third-order valence-electron chi connectivity index (χ3n) is 4.78. The molecule has 1 aromatic heterocycles. The maximum absolute atomic E-state index is 11.5. The van der Waals surface area contributed by atoms with Crippen molar-refractivity contribution in [3.05, 3.63) is 34.7 Å². The largest absolute Gasteiger partial charge is 0.502 e. The quantitative estimate of drug-likeness (QED) is 0.508. The van der Waals surface area contributed by atoms with Gasteiger partial charge in [-0.05, 0) is 31.5 Å². The summed E-state index contributed by atoms with van der Waals surface area (Å²) in [5, 5.41) is 31.6. The summed E-state index contributed by atoms with van der Waals surface area (Å²) < 4.78 is 15.5. The predicted molar refractivity (Wildman–Crippen MR) is 94.6 cm³/mol. The van der Waals surface area contributed by atoms with Gasteiger partial charge in [0.1, 0.15) is 18.8 Å². The van der Waals surface area contributed by atoms with Gasteiger partial charge in [0.05, 0.1) is 11.5 Å². The highest BCUT2D eigenvalue weighted by molar-refractivity contribution is 5.84. The summed E-state index contributed by atoms with van der Waals surface area (Å²) in [5.74, 6) is -0.907. The number of carbonyl (C=O) groups is 1. The Balaban J connectivity index is 1.67. The normalized spacial score (nSPS) is 23.0. The third-order valence-corrected chi connectivity index (χ3v) is 4.78. The minimum absolute atomic E-state index is 0.00705. The van der Waals surface area contributed by atoms with Crippen LogP contribution in [0.5, 0.6) is 11.5 Å². The summed E-state index contributed by atoms with van der Waals surface area (Å²) in [4.78, 5) is 22.8. The zero-order valence-corrected chi connectivity index (χ0v) is 15.0. The van der Waals surface area contributed by atoms with Crippen molar-refractivity contribution in [1.82, 2.24) is 0 Å². The highest BCUT2D eigenvalue weighted by atomic mass is 16.6. The average molecular weight is 378 g/mol.